The van der Waals surface area contributed by atoms with Crippen molar-refractivity contribution in [2.75, 3.05) is 39.4 Å². The number of rotatable bonds is 8. The molecule has 1 aliphatic rings. The van der Waals surface area contributed by atoms with Gasteiger partial charge in [-0.25, -0.2) is 0 Å². The Morgan fingerprint density at radius 2 is 1.90 bits per heavy atom. The first kappa shape index (κ1) is 21.2. The van der Waals surface area contributed by atoms with Crippen molar-refractivity contribution >= 4 is 23.6 Å². The predicted octanol–water partition coefficient (Wildman–Crippen LogP) is 1.41. The number of hydrogen-bond acceptors (Lipinski definition) is 7. The number of nitrogens with zero attached hydrogens (tertiary/aromatic N) is 2. The molecule has 1 aliphatic heterocycles. The van der Waals surface area contributed by atoms with Crippen molar-refractivity contribution in [2.24, 2.45) is 0 Å². The number of carbonyl (C=O) groups excluding carboxylic acids is 2. The van der Waals surface area contributed by atoms with Crippen molar-refractivity contribution < 1.29 is 23.7 Å². The maximum absolute atomic E-state index is 12.7. The van der Waals surface area contributed by atoms with Crippen LogP contribution in [0.1, 0.15) is 16.1 Å². The zero-order chi connectivity index (χ0) is 21.3. The predicted molar refractivity (Wildman–Crippen MR) is 108 cm³/mol. The van der Waals surface area contributed by atoms with Crippen molar-refractivity contribution in [3.05, 3.63) is 69.8 Å². The quantitative estimate of drug-likeness (QED) is 0.380. The molecule has 10 nitrogen and oxygen atoms in total. The van der Waals surface area contributed by atoms with Crippen molar-refractivity contribution in [1.29, 1.82) is 0 Å². The van der Waals surface area contributed by atoms with E-state index >= 15 is 0 Å². The van der Waals surface area contributed by atoms with Gasteiger partial charge in [-0.15, -0.1) is 0 Å². The van der Waals surface area contributed by atoms with E-state index < -0.39 is 16.7 Å². The Kier molecular flexibility index (Phi) is 7.30. The van der Waals surface area contributed by atoms with Gasteiger partial charge in [0.1, 0.15) is 5.70 Å². The van der Waals surface area contributed by atoms with Gasteiger partial charge < -0.3 is 19.8 Å². The van der Waals surface area contributed by atoms with Crippen LogP contribution in [-0.4, -0.2) is 61.0 Å². The van der Waals surface area contributed by atoms with E-state index in [0.717, 1.165) is 13.1 Å². The Balaban J connectivity index is 1.69. The Bertz CT molecular complexity index is 902. The lowest BCUT2D eigenvalue weighted by Gasteiger charge is -2.26. The van der Waals surface area contributed by atoms with Crippen molar-refractivity contribution in [3.8, 4) is 0 Å². The van der Waals surface area contributed by atoms with Gasteiger partial charge in [0.15, 0.2) is 5.76 Å². The topological polar surface area (TPSA) is 127 Å². The molecule has 1 aromatic heterocycles. The lowest BCUT2D eigenvalue weighted by molar-refractivity contribution is -0.384. The monoisotopic (exact) mass is 414 g/mol. The highest BCUT2D eigenvalue weighted by Crippen LogP contribution is 2.14. The first-order chi connectivity index (χ1) is 14.5. The summed E-state index contributed by atoms with van der Waals surface area (Å²) in [5, 5.41) is 16.1. The molecular formula is C20H22N4O6. The van der Waals surface area contributed by atoms with Crippen LogP contribution >= 0.6 is 0 Å². The van der Waals surface area contributed by atoms with Gasteiger partial charge in [0.2, 0.25) is 0 Å². The van der Waals surface area contributed by atoms with Gasteiger partial charge in [-0.05, 0) is 35.9 Å². The Morgan fingerprint density at radius 3 is 2.53 bits per heavy atom. The Labute approximate surface area is 172 Å². The SMILES string of the molecule is O=C(NCCN1CCOCC1)/C(=C\c1ccc([N+](=O)[O-])cc1)NC(=O)c1ccco1. The first-order valence-electron chi connectivity index (χ1n) is 9.42. The fourth-order valence-electron chi connectivity index (χ4n) is 2.86. The van der Waals surface area contributed by atoms with Crippen LogP contribution in [-0.2, 0) is 9.53 Å². The van der Waals surface area contributed by atoms with E-state index in [1.165, 1.54) is 42.7 Å². The summed E-state index contributed by atoms with van der Waals surface area (Å²) in [5.74, 6) is -0.983. The Hall–Kier alpha value is -3.50. The molecule has 0 atom stereocenters. The maximum atomic E-state index is 12.7. The summed E-state index contributed by atoms with van der Waals surface area (Å²) >= 11 is 0. The largest absolute Gasteiger partial charge is 0.459 e. The van der Waals surface area contributed by atoms with E-state index in [1.54, 1.807) is 6.07 Å². The fourth-order valence-corrected chi connectivity index (χ4v) is 2.86. The molecule has 0 radical (unpaired) electrons. The number of hydrogen-bond donors (Lipinski definition) is 2. The number of non-ortho nitro benzene ring substituents is 1. The second-order valence-electron chi connectivity index (χ2n) is 6.55. The number of nitro groups is 1. The number of amides is 2. The molecule has 0 unspecified atom stereocenters. The third kappa shape index (κ3) is 6.00. The zero-order valence-corrected chi connectivity index (χ0v) is 16.2. The third-order valence-electron chi connectivity index (χ3n) is 4.47. The number of nitrogens with one attached hydrogen (secondary N) is 2. The van der Waals surface area contributed by atoms with Gasteiger partial charge >= 0.3 is 0 Å². The highest BCUT2D eigenvalue weighted by molar-refractivity contribution is 6.04. The number of morpholine rings is 1. The van der Waals surface area contributed by atoms with E-state index in [9.17, 15) is 19.7 Å². The summed E-state index contributed by atoms with van der Waals surface area (Å²) in [4.78, 5) is 37.5. The van der Waals surface area contributed by atoms with Gasteiger partial charge in [0, 0.05) is 38.3 Å². The summed E-state index contributed by atoms with van der Waals surface area (Å²) in [6.45, 7) is 3.99. The molecule has 1 saturated heterocycles. The molecule has 0 bridgehead atoms. The molecule has 0 spiro atoms. The average Bonchev–Trinajstić information content (AvgIpc) is 3.29. The minimum Gasteiger partial charge on any atom is -0.459 e. The molecule has 10 heteroatoms. The van der Waals surface area contributed by atoms with Crippen LogP contribution in [0.15, 0.2) is 52.8 Å². The molecule has 0 saturated carbocycles. The van der Waals surface area contributed by atoms with Crippen LogP contribution in [0.5, 0.6) is 0 Å². The molecule has 2 heterocycles. The van der Waals surface area contributed by atoms with Crippen LogP contribution < -0.4 is 10.6 Å². The van der Waals surface area contributed by atoms with Crippen molar-refractivity contribution in [2.45, 2.75) is 0 Å². The maximum Gasteiger partial charge on any atom is 0.291 e. The lowest BCUT2D eigenvalue weighted by atomic mass is 10.1. The van der Waals surface area contributed by atoms with Gasteiger partial charge in [0.25, 0.3) is 17.5 Å². The molecule has 2 aromatic rings. The van der Waals surface area contributed by atoms with E-state index in [-0.39, 0.29) is 17.1 Å². The molecule has 158 valence electrons. The minimum absolute atomic E-state index is 0.00669. The smallest absolute Gasteiger partial charge is 0.291 e. The number of benzene rings is 1. The average molecular weight is 414 g/mol. The van der Waals surface area contributed by atoms with E-state index in [0.29, 0.717) is 31.9 Å². The molecule has 0 aliphatic carbocycles. The molecule has 1 fully saturated rings. The summed E-state index contributed by atoms with van der Waals surface area (Å²) in [6.07, 6.45) is 2.81. The lowest BCUT2D eigenvalue weighted by Crippen LogP contribution is -2.42. The summed E-state index contributed by atoms with van der Waals surface area (Å²) < 4.78 is 10.4. The molecular weight excluding hydrogens is 392 g/mol. The molecule has 2 amide bonds. The van der Waals surface area contributed by atoms with Crippen molar-refractivity contribution in [3.63, 3.8) is 0 Å². The second-order valence-corrected chi connectivity index (χ2v) is 6.55. The van der Waals surface area contributed by atoms with Crippen LogP contribution in [0.3, 0.4) is 0 Å². The number of carbonyl (C=O) groups is 2. The molecule has 3 rings (SSSR count). The molecule has 30 heavy (non-hydrogen) atoms. The fraction of sp³-hybridized carbons (Fsp3) is 0.300. The zero-order valence-electron chi connectivity index (χ0n) is 16.2. The summed E-state index contributed by atoms with van der Waals surface area (Å²) in [7, 11) is 0. The second kappa shape index (κ2) is 10.3. The van der Waals surface area contributed by atoms with Gasteiger partial charge in [-0.2, -0.15) is 0 Å². The summed E-state index contributed by atoms with van der Waals surface area (Å²) in [5.41, 5.74) is 0.467. The van der Waals surface area contributed by atoms with Crippen LogP contribution in [0.2, 0.25) is 0 Å². The summed E-state index contributed by atoms with van der Waals surface area (Å²) in [6, 6.07) is 8.70. The van der Waals surface area contributed by atoms with E-state index in [1.807, 2.05) is 0 Å². The highest BCUT2D eigenvalue weighted by atomic mass is 16.6. The Morgan fingerprint density at radius 1 is 1.17 bits per heavy atom. The third-order valence-corrected chi connectivity index (χ3v) is 4.47. The molecule has 1 aromatic carbocycles. The molecule has 2 N–H and O–H groups in total. The van der Waals surface area contributed by atoms with Gasteiger partial charge in [0.05, 0.1) is 24.4 Å². The normalized spacial score (nSPS) is 14.9. The number of ether oxygens (including phenoxy) is 1. The first-order valence-corrected chi connectivity index (χ1v) is 9.42. The van der Waals surface area contributed by atoms with Crippen LogP contribution in [0, 0.1) is 10.1 Å². The van der Waals surface area contributed by atoms with Crippen LogP contribution in [0.25, 0.3) is 6.08 Å². The number of nitro benzene ring substituents is 1. The van der Waals surface area contributed by atoms with Crippen LogP contribution in [0.4, 0.5) is 5.69 Å². The van der Waals surface area contributed by atoms with E-state index in [4.69, 9.17) is 9.15 Å². The number of furan rings is 1. The highest BCUT2D eigenvalue weighted by Gasteiger charge is 2.17. The van der Waals surface area contributed by atoms with Gasteiger partial charge in [-0.3, -0.25) is 24.6 Å². The minimum atomic E-state index is -0.573. The van der Waals surface area contributed by atoms with E-state index in [2.05, 4.69) is 15.5 Å². The standard InChI is InChI=1S/C20H22N4O6/c25-19(21-7-8-23-9-12-29-13-10-23)17(22-20(26)18-2-1-11-30-18)14-15-3-5-16(6-4-15)24(27)28/h1-6,11,14H,7-10,12-13H2,(H,21,25)(H,22,26)/b17-14+. The van der Waals surface area contributed by atoms with Crippen molar-refractivity contribution in [1.82, 2.24) is 15.5 Å². The van der Waals surface area contributed by atoms with Gasteiger partial charge in [-0.1, -0.05) is 0 Å².